The van der Waals surface area contributed by atoms with E-state index in [1.807, 2.05) is 0 Å². The zero-order valence-corrected chi connectivity index (χ0v) is 12.1. The summed E-state index contributed by atoms with van der Waals surface area (Å²) in [5, 5.41) is 3.06. The van der Waals surface area contributed by atoms with Crippen LogP contribution in [0.25, 0.3) is 0 Å². The average molecular weight is 259 g/mol. The fraction of sp³-hybridized carbons (Fsp3) is 0.588. The molecule has 0 bridgehead atoms. The largest absolute Gasteiger partial charge is 0.356 e. The van der Waals surface area contributed by atoms with Gasteiger partial charge in [0.2, 0.25) is 5.91 Å². The van der Waals surface area contributed by atoms with Crippen molar-refractivity contribution in [1.82, 2.24) is 5.32 Å². The van der Waals surface area contributed by atoms with Crippen LogP contribution >= 0.6 is 0 Å². The van der Waals surface area contributed by atoms with Crippen LogP contribution in [0.4, 0.5) is 0 Å². The van der Waals surface area contributed by atoms with Gasteiger partial charge in [-0.3, -0.25) is 4.79 Å². The summed E-state index contributed by atoms with van der Waals surface area (Å²) in [6.07, 6.45) is 5.18. The summed E-state index contributed by atoms with van der Waals surface area (Å²) in [7, 11) is 0. The zero-order chi connectivity index (χ0) is 13.7. The number of carbonyl (C=O) groups excluding carboxylic acids is 1. The molecule has 0 aliphatic heterocycles. The van der Waals surface area contributed by atoms with Gasteiger partial charge in [0.1, 0.15) is 0 Å². The molecule has 1 aromatic carbocycles. The Morgan fingerprint density at radius 2 is 2.16 bits per heavy atom. The fourth-order valence-electron chi connectivity index (χ4n) is 2.89. The molecule has 0 aromatic heterocycles. The molecule has 2 heteroatoms. The minimum atomic E-state index is 0.213. The Bertz CT molecular complexity index is 425. The normalized spacial score (nSPS) is 17.5. The second-order valence-corrected chi connectivity index (χ2v) is 6.02. The number of aryl methyl sites for hydroxylation is 1. The summed E-state index contributed by atoms with van der Waals surface area (Å²) in [5.74, 6) is 1.37. The van der Waals surface area contributed by atoms with E-state index in [4.69, 9.17) is 0 Å². The summed E-state index contributed by atoms with van der Waals surface area (Å²) in [6, 6.07) is 8.54. The molecule has 0 heterocycles. The molecule has 2 nitrogen and oxygen atoms in total. The molecule has 0 saturated carbocycles. The van der Waals surface area contributed by atoms with Crippen LogP contribution in [0, 0.1) is 5.92 Å². The Labute approximate surface area is 116 Å². The highest BCUT2D eigenvalue weighted by Gasteiger charge is 2.23. The van der Waals surface area contributed by atoms with Crippen molar-refractivity contribution in [2.24, 2.45) is 5.92 Å². The lowest BCUT2D eigenvalue weighted by Gasteiger charge is -2.12. The Morgan fingerprint density at radius 3 is 2.95 bits per heavy atom. The lowest BCUT2D eigenvalue weighted by molar-refractivity contribution is -0.121. The maximum Gasteiger partial charge on any atom is 0.220 e. The van der Waals surface area contributed by atoms with Gasteiger partial charge in [-0.25, -0.2) is 0 Å². The zero-order valence-electron chi connectivity index (χ0n) is 12.1. The number of hydrogen-bond donors (Lipinski definition) is 1. The highest BCUT2D eigenvalue weighted by molar-refractivity contribution is 5.77. The van der Waals surface area contributed by atoms with Crippen LogP contribution in [0.15, 0.2) is 24.3 Å². The standard InChI is InChI=1S/C17H25NO/c1-13(2)6-5-11-18-17(19)12-15-10-9-14-7-3-4-8-16(14)15/h3-4,7-8,13,15H,5-6,9-12H2,1-2H3,(H,18,19). The van der Waals surface area contributed by atoms with Gasteiger partial charge in [-0.2, -0.15) is 0 Å². The maximum absolute atomic E-state index is 11.9. The average Bonchev–Trinajstić information content (AvgIpc) is 2.78. The second-order valence-electron chi connectivity index (χ2n) is 6.02. The molecular formula is C17H25NO. The molecule has 19 heavy (non-hydrogen) atoms. The van der Waals surface area contributed by atoms with E-state index in [0.29, 0.717) is 12.3 Å². The van der Waals surface area contributed by atoms with Crippen molar-refractivity contribution in [3.8, 4) is 0 Å². The highest BCUT2D eigenvalue weighted by Crippen LogP contribution is 2.34. The van der Waals surface area contributed by atoms with Crippen LogP contribution in [0.2, 0.25) is 0 Å². The van der Waals surface area contributed by atoms with E-state index >= 15 is 0 Å². The smallest absolute Gasteiger partial charge is 0.220 e. The van der Waals surface area contributed by atoms with Crippen LogP contribution in [0.3, 0.4) is 0 Å². The summed E-state index contributed by atoms with van der Waals surface area (Å²) < 4.78 is 0. The molecule has 1 aromatic rings. The van der Waals surface area contributed by atoms with Gasteiger partial charge in [0.15, 0.2) is 0 Å². The Balaban J connectivity index is 1.75. The molecule has 0 saturated heterocycles. The third-order valence-corrected chi connectivity index (χ3v) is 3.97. The van der Waals surface area contributed by atoms with E-state index in [9.17, 15) is 4.79 Å². The molecule has 1 unspecified atom stereocenters. The molecule has 1 aliphatic carbocycles. The number of fused-ring (bicyclic) bond motifs is 1. The molecule has 0 spiro atoms. The first-order chi connectivity index (χ1) is 9.16. The Hall–Kier alpha value is -1.31. The van der Waals surface area contributed by atoms with Crippen molar-refractivity contribution in [2.75, 3.05) is 6.54 Å². The first-order valence-electron chi connectivity index (χ1n) is 7.51. The minimum Gasteiger partial charge on any atom is -0.356 e. The number of rotatable bonds is 6. The third-order valence-electron chi connectivity index (χ3n) is 3.97. The monoisotopic (exact) mass is 259 g/mol. The number of hydrogen-bond acceptors (Lipinski definition) is 1. The van der Waals surface area contributed by atoms with Gasteiger partial charge in [0.05, 0.1) is 0 Å². The Morgan fingerprint density at radius 1 is 1.37 bits per heavy atom. The molecule has 1 amide bonds. The topological polar surface area (TPSA) is 29.1 Å². The number of amides is 1. The van der Waals surface area contributed by atoms with Gasteiger partial charge in [0.25, 0.3) is 0 Å². The SMILES string of the molecule is CC(C)CCCNC(=O)CC1CCc2ccccc21. The van der Waals surface area contributed by atoms with Crippen molar-refractivity contribution >= 4 is 5.91 Å². The third kappa shape index (κ3) is 4.09. The first kappa shape index (κ1) is 14.1. The van der Waals surface area contributed by atoms with E-state index in [2.05, 4.69) is 43.4 Å². The van der Waals surface area contributed by atoms with Gasteiger partial charge in [0, 0.05) is 13.0 Å². The second kappa shape index (κ2) is 6.74. The van der Waals surface area contributed by atoms with E-state index < -0.39 is 0 Å². The first-order valence-corrected chi connectivity index (χ1v) is 7.51. The van der Waals surface area contributed by atoms with Crippen molar-refractivity contribution in [3.05, 3.63) is 35.4 Å². The number of carbonyl (C=O) groups is 1. The van der Waals surface area contributed by atoms with E-state index in [-0.39, 0.29) is 5.91 Å². The van der Waals surface area contributed by atoms with E-state index in [1.165, 1.54) is 17.5 Å². The van der Waals surface area contributed by atoms with Crippen LogP contribution in [-0.2, 0) is 11.2 Å². The fourth-order valence-corrected chi connectivity index (χ4v) is 2.89. The highest BCUT2D eigenvalue weighted by atomic mass is 16.1. The van der Waals surface area contributed by atoms with Crippen LogP contribution in [0.1, 0.15) is 56.6 Å². The predicted molar refractivity (Wildman–Crippen MR) is 79.2 cm³/mol. The summed E-state index contributed by atoms with van der Waals surface area (Å²) >= 11 is 0. The van der Waals surface area contributed by atoms with Crippen molar-refractivity contribution in [3.63, 3.8) is 0 Å². The van der Waals surface area contributed by atoms with Crippen molar-refractivity contribution in [1.29, 1.82) is 0 Å². The molecular weight excluding hydrogens is 234 g/mol. The lowest BCUT2D eigenvalue weighted by atomic mass is 9.97. The van der Waals surface area contributed by atoms with Gasteiger partial charge in [-0.05, 0) is 48.6 Å². The molecule has 1 atom stereocenters. The van der Waals surface area contributed by atoms with E-state index in [1.54, 1.807) is 0 Å². The van der Waals surface area contributed by atoms with Gasteiger partial charge >= 0.3 is 0 Å². The molecule has 0 radical (unpaired) electrons. The van der Waals surface area contributed by atoms with Crippen LogP contribution in [-0.4, -0.2) is 12.5 Å². The molecule has 104 valence electrons. The molecule has 1 N–H and O–H groups in total. The molecule has 2 rings (SSSR count). The molecule has 0 fully saturated rings. The lowest BCUT2D eigenvalue weighted by Crippen LogP contribution is -2.25. The van der Waals surface area contributed by atoms with Crippen LogP contribution < -0.4 is 5.32 Å². The molecule has 1 aliphatic rings. The maximum atomic E-state index is 11.9. The van der Waals surface area contributed by atoms with Crippen LogP contribution in [0.5, 0.6) is 0 Å². The summed E-state index contributed by atoms with van der Waals surface area (Å²) in [5.41, 5.74) is 2.82. The van der Waals surface area contributed by atoms with Gasteiger partial charge in [-0.15, -0.1) is 0 Å². The summed E-state index contributed by atoms with van der Waals surface area (Å²) in [6.45, 7) is 5.26. The van der Waals surface area contributed by atoms with Crippen molar-refractivity contribution < 1.29 is 4.79 Å². The van der Waals surface area contributed by atoms with E-state index in [0.717, 1.165) is 31.7 Å². The quantitative estimate of drug-likeness (QED) is 0.776. The summed E-state index contributed by atoms with van der Waals surface area (Å²) in [4.78, 5) is 11.9. The number of benzene rings is 1. The Kier molecular flexibility index (Phi) is 5.00. The number of nitrogens with one attached hydrogen (secondary N) is 1. The minimum absolute atomic E-state index is 0.213. The predicted octanol–water partition coefficient (Wildman–Crippen LogP) is 3.66. The van der Waals surface area contributed by atoms with Gasteiger partial charge < -0.3 is 5.32 Å². The van der Waals surface area contributed by atoms with Gasteiger partial charge in [-0.1, -0.05) is 38.1 Å². The van der Waals surface area contributed by atoms with Crippen molar-refractivity contribution in [2.45, 2.75) is 51.9 Å².